The van der Waals surface area contributed by atoms with Crippen molar-refractivity contribution in [1.82, 2.24) is 10.2 Å². The summed E-state index contributed by atoms with van der Waals surface area (Å²) in [6.45, 7) is 13.7. The molecule has 1 N–H and O–H groups in total. The van der Waals surface area contributed by atoms with Crippen LogP contribution in [0.25, 0.3) is 0 Å². The molecule has 1 saturated heterocycles. The lowest BCUT2D eigenvalue weighted by atomic mass is 9.87. The van der Waals surface area contributed by atoms with E-state index in [1.165, 1.54) is 5.56 Å². The van der Waals surface area contributed by atoms with Gasteiger partial charge < -0.3 is 19.7 Å². The second-order valence-corrected chi connectivity index (χ2v) is 7.86. The van der Waals surface area contributed by atoms with Gasteiger partial charge in [-0.15, -0.1) is 24.0 Å². The quantitative estimate of drug-likeness (QED) is 0.273. The van der Waals surface area contributed by atoms with Gasteiger partial charge in [-0.2, -0.15) is 0 Å². The number of ether oxygens (including phenoxy) is 2. The van der Waals surface area contributed by atoms with E-state index < -0.39 is 0 Å². The Kier molecular flexibility index (Phi) is 10.4. The Hall–Kier alpha value is -1.02. The minimum absolute atomic E-state index is 0. The first kappa shape index (κ1) is 24.0. The molecule has 6 heteroatoms. The van der Waals surface area contributed by atoms with Crippen LogP contribution in [-0.2, 0) is 10.2 Å². The third-order valence-electron chi connectivity index (χ3n) is 4.71. The molecule has 5 nitrogen and oxygen atoms in total. The fourth-order valence-electron chi connectivity index (χ4n) is 3.16. The number of benzene rings is 1. The Bertz CT molecular complexity index is 587. The zero-order valence-corrected chi connectivity index (χ0v) is 19.8. The molecular weight excluding hydrogens is 453 g/mol. The fourth-order valence-corrected chi connectivity index (χ4v) is 3.16. The zero-order valence-electron chi connectivity index (χ0n) is 17.5. The number of likely N-dealkylation sites (tertiary alicyclic amines) is 1. The first-order chi connectivity index (χ1) is 12.4. The maximum Gasteiger partial charge on any atom is 0.193 e. The molecular formula is C21H36IN3O2. The van der Waals surface area contributed by atoms with Crippen molar-refractivity contribution in [2.24, 2.45) is 10.9 Å². The van der Waals surface area contributed by atoms with E-state index in [9.17, 15) is 0 Å². The predicted octanol–water partition coefficient (Wildman–Crippen LogP) is 3.91. The lowest BCUT2D eigenvalue weighted by molar-refractivity contribution is 0.114. The SMILES string of the molecule is CCOCC1CCN(C(=NC)NCCOc2cccc(C(C)(C)C)c2)C1.I. The van der Waals surface area contributed by atoms with E-state index in [1.54, 1.807) is 0 Å². The van der Waals surface area contributed by atoms with Crippen LogP contribution in [0.1, 0.15) is 39.7 Å². The number of hydrogen-bond donors (Lipinski definition) is 1. The van der Waals surface area contributed by atoms with Crippen molar-refractivity contribution in [3.63, 3.8) is 0 Å². The highest BCUT2D eigenvalue weighted by Crippen LogP contribution is 2.25. The monoisotopic (exact) mass is 489 g/mol. The number of nitrogens with one attached hydrogen (secondary N) is 1. The largest absolute Gasteiger partial charge is 0.492 e. The molecule has 1 aromatic rings. The molecule has 2 rings (SSSR count). The summed E-state index contributed by atoms with van der Waals surface area (Å²) >= 11 is 0. The average molecular weight is 489 g/mol. The first-order valence-electron chi connectivity index (χ1n) is 9.70. The van der Waals surface area contributed by atoms with E-state index in [0.29, 0.717) is 12.5 Å². The highest BCUT2D eigenvalue weighted by Gasteiger charge is 2.24. The summed E-state index contributed by atoms with van der Waals surface area (Å²) in [6.07, 6.45) is 1.16. The van der Waals surface area contributed by atoms with Crippen LogP contribution in [0.2, 0.25) is 0 Å². The van der Waals surface area contributed by atoms with Crippen molar-refractivity contribution in [1.29, 1.82) is 0 Å². The summed E-state index contributed by atoms with van der Waals surface area (Å²) in [5, 5.41) is 3.41. The molecule has 1 unspecified atom stereocenters. The molecule has 0 aromatic heterocycles. The molecule has 1 heterocycles. The predicted molar refractivity (Wildman–Crippen MR) is 124 cm³/mol. The number of halogens is 1. The van der Waals surface area contributed by atoms with Gasteiger partial charge in [0.1, 0.15) is 12.4 Å². The van der Waals surface area contributed by atoms with Crippen LogP contribution in [0.4, 0.5) is 0 Å². The van der Waals surface area contributed by atoms with Crippen molar-refractivity contribution in [2.45, 2.75) is 39.5 Å². The first-order valence-corrected chi connectivity index (χ1v) is 9.70. The standard InChI is InChI=1S/C21H35N3O2.HI/c1-6-25-16-17-10-12-24(15-17)20(22-5)23-11-13-26-19-9-7-8-18(14-19)21(2,3)4;/h7-9,14,17H,6,10-13,15-16H2,1-5H3,(H,22,23);1H. The van der Waals surface area contributed by atoms with E-state index in [4.69, 9.17) is 9.47 Å². The van der Waals surface area contributed by atoms with E-state index in [2.05, 4.69) is 54.2 Å². The highest BCUT2D eigenvalue weighted by atomic mass is 127. The summed E-state index contributed by atoms with van der Waals surface area (Å²) in [6, 6.07) is 8.36. The van der Waals surface area contributed by atoms with Crippen LogP contribution >= 0.6 is 24.0 Å². The minimum atomic E-state index is 0. The van der Waals surface area contributed by atoms with E-state index in [-0.39, 0.29) is 29.4 Å². The third kappa shape index (κ3) is 7.86. The Morgan fingerprint density at radius 3 is 2.78 bits per heavy atom. The molecule has 0 saturated carbocycles. The Balaban J connectivity index is 0.00000364. The van der Waals surface area contributed by atoms with Gasteiger partial charge in [0.05, 0.1) is 13.2 Å². The van der Waals surface area contributed by atoms with Gasteiger partial charge in [0.15, 0.2) is 5.96 Å². The second kappa shape index (κ2) is 11.7. The maximum absolute atomic E-state index is 5.92. The zero-order chi connectivity index (χ0) is 19.0. The summed E-state index contributed by atoms with van der Waals surface area (Å²) in [5.41, 5.74) is 1.42. The third-order valence-corrected chi connectivity index (χ3v) is 4.71. The topological polar surface area (TPSA) is 46.1 Å². The smallest absolute Gasteiger partial charge is 0.193 e. The van der Waals surface area contributed by atoms with Crippen LogP contribution in [0.5, 0.6) is 5.75 Å². The van der Waals surface area contributed by atoms with E-state index >= 15 is 0 Å². The van der Waals surface area contributed by atoms with Gasteiger partial charge in [-0.1, -0.05) is 32.9 Å². The number of nitrogens with zero attached hydrogens (tertiary/aromatic N) is 2. The van der Waals surface area contributed by atoms with Crippen LogP contribution in [0.3, 0.4) is 0 Å². The highest BCUT2D eigenvalue weighted by molar-refractivity contribution is 14.0. The lowest BCUT2D eigenvalue weighted by Crippen LogP contribution is -2.41. The molecule has 1 aliphatic rings. The van der Waals surface area contributed by atoms with Crippen LogP contribution in [0, 0.1) is 5.92 Å². The van der Waals surface area contributed by atoms with Gasteiger partial charge in [-0.25, -0.2) is 0 Å². The second-order valence-electron chi connectivity index (χ2n) is 7.86. The summed E-state index contributed by atoms with van der Waals surface area (Å²) < 4.78 is 11.5. The van der Waals surface area contributed by atoms with Crippen molar-refractivity contribution < 1.29 is 9.47 Å². The van der Waals surface area contributed by atoms with Crippen molar-refractivity contribution in [3.05, 3.63) is 29.8 Å². The van der Waals surface area contributed by atoms with Gasteiger partial charge in [0, 0.05) is 32.7 Å². The average Bonchev–Trinajstić information content (AvgIpc) is 3.08. The van der Waals surface area contributed by atoms with Gasteiger partial charge in [0.2, 0.25) is 0 Å². The number of rotatable bonds is 7. The number of hydrogen-bond acceptors (Lipinski definition) is 3. The Labute approximate surface area is 181 Å². The summed E-state index contributed by atoms with van der Waals surface area (Å²) in [5.74, 6) is 2.48. The van der Waals surface area contributed by atoms with Crippen LogP contribution in [-0.4, -0.2) is 57.4 Å². The number of guanidine groups is 1. The molecule has 0 bridgehead atoms. The van der Waals surface area contributed by atoms with Gasteiger partial charge in [-0.3, -0.25) is 4.99 Å². The van der Waals surface area contributed by atoms with E-state index in [1.807, 2.05) is 20.0 Å². The van der Waals surface area contributed by atoms with Crippen molar-refractivity contribution in [3.8, 4) is 5.75 Å². The Morgan fingerprint density at radius 2 is 2.11 bits per heavy atom. The molecule has 1 aliphatic heterocycles. The molecule has 1 aromatic carbocycles. The normalized spacial score (nSPS) is 17.6. The molecule has 0 spiro atoms. The van der Waals surface area contributed by atoms with E-state index in [0.717, 1.165) is 51.0 Å². The molecule has 27 heavy (non-hydrogen) atoms. The number of aliphatic imine (C=N–C) groups is 1. The minimum Gasteiger partial charge on any atom is -0.492 e. The maximum atomic E-state index is 5.92. The molecule has 0 aliphatic carbocycles. The Morgan fingerprint density at radius 1 is 1.33 bits per heavy atom. The van der Waals surface area contributed by atoms with Crippen molar-refractivity contribution in [2.75, 3.05) is 46.5 Å². The fraction of sp³-hybridized carbons (Fsp3) is 0.667. The van der Waals surface area contributed by atoms with Crippen molar-refractivity contribution >= 4 is 29.9 Å². The molecule has 1 fully saturated rings. The summed E-state index contributed by atoms with van der Waals surface area (Å²) in [7, 11) is 1.84. The molecule has 0 amide bonds. The van der Waals surface area contributed by atoms with Gasteiger partial charge in [0.25, 0.3) is 0 Å². The summed E-state index contributed by atoms with van der Waals surface area (Å²) in [4.78, 5) is 6.72. The van der Waals surface area contributed by atoms with Gasteiger partial charge in [-0.05, 0) is 36.5 Å². The molecule has 0 radical (unpaired) electrons. The molecule has 154 valence electrons. The van der Waals surface area contributed by atoms with Crippen LogP contribution < -0.4 is 10.1 Å². The molecule has 1 atom stereocenters. The lowest BCUT2D eigenvalue weighted by Gasteiger charge is -2.22. The van der Waals surface area contributed by atoms with Crippen LogP contribution in [0.15, 0.2) is 29.3 Å². The van der Waals surface area contributed by atoms with Gasteiger partial charge >= 0.3 is 0 Å².